The van der Waals surface area contributed by atoms with Crippen LogP contribution in [-0.2, 0) is 18.0 Å². The highest BCUT2D eigenvalue weighted by atomic mass is 35.5. The normalized spacial score (nSPS) is 14.2. The molecule has 3 heterocycles. The van der Waals surface area contributed by atoms with E-state index in [1.165, 1.54) is 22.7 Å². The zero-order chi connectivity index (χ0) is 19.7. The van der Waals surface area contributed by atoms with E-state index in [4.69, 9.17) is 11.6 Å². The van der Waals surface area contributed by atoms with Crippen molar-refractivity contribution < 1.29 is 15.0 Å². The lowest BCUT2D eigenvalue weighted by Gasteiger charge is -2.39. The molecule has 1 saturated heterocycles. The summed E-state index contributed by atoms with van der Waals surface area (Å²) in [6.45, 7) is 0.884. The summed E-state index contributed by atoms with van der Waals surface area (Å²) >= 11 is 8.51. The molecule has 3 N–H and O–H groups in total. The van der Waals surface area contributed by atoms with Crippen LogP contribution in [0.2, 0.25) is 5.02 Å². The van der Waals surface area contributed by atoms with Crippen LogP contribution in [0.25, 0.3) is 10.6 Å². The van der Waals surface area contributed by atoms with Gasteiger partial charge < -0.3 is 20.4 Å². The molecule has 10 heteroatoms. The van der Waals surface area contributed by atoms with Crippen LogP contribution in [-0.4, -0.2) is 39.2 Å². The molecule has 0 spiro atoms. The molecular weight excluding hydrogens is 420 g/mol. The van der Waals surface area contributed by atoms with E-state index in [1.807, 2.05) is 29.6 Å². The summed E-state index contributed by atoms with van der Waals surface area (Å²) in [5, 5.41) is 25.1. The first-order valence-corrected chi connectivity index (χ1v) is 10.6. The van der Waals surface area contributed by atoms with Gasteiger partial charge in [0.25, 0.3) is 0 Å². The van der Waals surface area contributed by atoms with E-state index >= 15 is 0 Å². The van der Waals surface area contributed by atoms with Gasteiger partial charge in [-0.25, -0.2) is 9.97 Å². The monoisotopic (exact) mass is 436 g/mol. The maximum absolute atomic E-state index is 12.5. The fourth-order valence-corrected chi connectivity index (χ4v) is 4.72. The molecule has 0 aliphatic carbocycles. The van der Waals surface area contributed by atoms with E-state index in [-0.39, 0.29) is 25.0 Å². The molecule has 28 heavy (non-hydrogen) atoms. The zero-order valence-electron chi connectivity index (χ0n) is 14.6. The average molecular weight is 437 g/mol. The predicted octanol–water partition coefficient (Wildman–Crippen LogP) is 2.98. The maximum Gasteiger partial charge on any atom is 0.232 e. The van der Waals surface area contributed by atoms with Crippen molar-refractivity contribution in [1.29, 1.82) is 0 Å². The Hall–Kier alpha value is -2.04. The number of carbonyl (C=O) groups is 1. The van der Waals surface area contributed by atoms with Crippen LogP contribution < -0.4 is 10.2 Å². The van der Waals surface area contributed by atoms with E-state index in [9.17, 15) is 15.0 Å². The Morgan fingerprint density at radius 3 is 2.64 bits per heavy atom. The van der Waals surface area contributed by atoms with Gasteiger partial charge in [0.05, 0.1) is 35.4 Å². The Morgan fingerprint density at radius 1 is 1.21 bits per heavy atom. The molecular formula is C18H17ClN4O3S2. The van der Waals surface area contributed by atoms with Crippen LogP contribution in [0.5, 0.6) is 0 Å². The second-order valence-corrected chi connectivity index (χ2v) is 8.68. The number of nitrogens with zero attached hydrogens (tertiary/aromatic N) is 3. The van der Waals surface area contributed by atoms with E-state index < -0.39 is 0 Å². The molecule has 1 amide bonds. The van der Waals surface area contributed by atoms with Gasteiger partial charge in [0.15, 0.2) is 5.13 Å². The highest BCUT2D eigenvalue weighted by Crippen LogP contribution is 2.33. The summed E-state index contributed by atoms with van der Waals surface area (Å²) in [6.07, 6.45) is 0. The van der Waals surface area contributed by atoms with Gasteiger partial charge in [-0.05, 0) is 24.3 Å². The van der Waals surface area contributed by atoms with Gasteiger partial charge in [-0.3, -0.25) is 4.79 Å². The molecule has 0 radical (unpaired) electrons. The third-order valence-electron chi connectivity index (χ3n) is 4.44. The first kappa shape index (κ1) is 19.3. The Labute approximate surface area is 174 Å². The third-order valence-corrected chi connectivity index (χ3v) is 6.55. The number of nitrogens with one attached hydrogen (secondary N) is 1. The van der Waals surface area contributed by atoms with Crippen molar-refractivity contribution in [3.05, 3.63) is 45.4 Å². The van der Waals surface area contributed by atoms with E-state index in [1.54, 1.807) is 0 Å². The first-order chi connectivity index (χ1) is 13.6. The van der Waals surface area contributed by atoms with Gasteiger partial charge in [-0.15, -0.1) is 22.7 Å². The van der Waals surface area contributed by atoms with Gasteiger partial charge in [0.1, 0.15) is 5.01 Å². The number of carbonyl (C=O) groups excluding carboxylic acids is 1. The Bertz CT molecular complexity index is 983. The van der Waals surface area contributed by atoms with Crippen molar-refractivity contribution in [2.45, 2.75) is 13.2 Å². The van der Waals surface area contributed by atoms with Gasteiger partial charge in [0.2, 0.25) is 5.91 Å². The second kappa shape index (κ2) is 8.14. The first-order valence-electron chi connectivity index (χ1n) is 8.55. The molecule has 146 valence electrons. The number of aliphatic hydroxyl groups is 2. The SMILES string of the molecule is O=C(Nc1nc(-c2sc(CO)nc2CO)cs1)C1CN(c2ccc(Cl)cc2)C1. The highest BCUT2D eigenvalue weighted by molar-refractivity contribution is 7.17. The summed E-state index contributed by atoms with van der Waals surface area (Å²) in [5.74, 6) is -0.158. The van der Waals surface area contributed by atoms with Crippen LogP contribution in [0.3, 0.4) is 0 Å². The van der Waals surface area contributed by atoms with Gasteiger partial charge >= 0.3 is 0 Å². The van der Waals surface area contributed by atoms with E-state index in [2.05, 4.69) is 20.2 Å². The lowest BCUT2D eigenvalue weighted by Crippen LogP contribution is -2.52. The Balaban J connectivity index is 1.37. The number of aromatic nitrogens is 2. The summed E-state index contributed by atoms with van der Waals surface area (Å²) < 4.78 is 0. The Kier molecular flexibility index (Phi) is 5.61. The van der Waals surface area contributed by atoms with Crippen LogP contribution in [0.1, 0.15) is 10.7 Å². The van der Waals surface area contributed by atoms with Crippen LogP contribution in [0.4, 0.5) is 10.8 Å². The minimum absolute atomic E-state index is 0.0613. The molecule has 0 atom stereocenters. The molecule has 0 saturated carbocycles. The Morgan fingerprint density at radius 2 is 1.96 bits per heavy atom. The summed E-state index contributed by atoms with van der Waals surface area (Å²) in [5.41, 5.74) is 2.17. The molecule has 7 nitrogen and oxygen atoms in total. The fourth-order valence-electron chi connectivity index (χ4n) is 2.93. The van der Waals surface area contributed by atoms with Crippen molar-refractivity contribution in [3.63, 3.8) is 0 Å². The number of benzene rings is 1. The number of anilines is 2. The molecule has 0 unspecified atom stereocenters. The quantitative estimate of drug-likeness (QED) is 0.549. The molecule has 2 aromatic heterocycles. The van der Waals surface area contributed by atoms with Crippen LogP contribution >= 0.6 is 34.3 Å². The number of hydrogen-bond donors (Lipinski definition) is 3. The third kappa shape index (κ3) is 3.89. The number of amides is 1. The molecule has 1 aliphatic heterocycles. The maximum atomic E-state index is 12.5. The summed E-state index contributed by atoms with van der Waals surface area (Å²) in [7, 11) is 0. The fraction of sp³-hybridized carbons (Fsp3) is 0.278. The lowest BCUT2D eigenvalue weighted by molar-refractivity contribution is -0.120. The molecule has 3 aromatic rings. The number of halogens is 1. The van der Waals surface area contributed by atoms with Gasteiger partial charge in [-0.1, -0.05) is 11.6 Å². The van der Waals surface area contributed by atoms with E-state index in [0.29, 0.717) is 44.5 Å². The average Bonchev–Trinajstić information content (AvgIpc) is 3.28. The van der Waals surface area contributed by atoms with Crippen molar-refractivity contribution in [2.75, 3.05) is 23.3 Å². The molecule has 1 aromatic carbocycles. The molecule has 1 fully saturated rings. The van der Waals surface area contributed by atoms with Gasteiger partial charge in [0, 0.05) is 29.2 Å². The molecule has 1 aliphatic rings. The summed E-state index contributed by atoms with van der Waals surface area (Å²) in [6, 6.07) is 7.56. The number of aliphatic hydroxyl groups excluding tert-OH is 2. The number of rotatable bonds is 6. The predicted molar refractivity (Wildman–Crippen MR) is 111 cm³/mol. The summed E-state index contributed by atoms with van der Waals surface area (Å²) in [4.78, 5) is 23.9. The van der Waals surface area contributed by atoms with Gasteiger partial charge in [-0.2, -0.15) is 0 Å². The smallest absolute Gasteiger partial charge is 0.232 e. The second-order valence-electron chi connectivity index (χ2n) is 6.31. The van der Waals surface area contributed by atoms with Crippen molar-refractivity contribution in [2.24, 2.45) is 5.92 Å². The standard InChI is InChI=1S/C18H17ClN4O3S2/c19-11-1-3-12(4-2-11)23-5-10(6-23)17(26)22-18-21-14(9-27-18)16-13(7-24)20-15(8-25)28-16/h1-4,9-10,24-25H,5-8H2,(H,21,22,26). The minimum atomic E-state index is -0.229. The number of thiazole rings is 2. The van der Waals surface area contributed by atoms with Crippen LogP contribution in [0.15, 0.2) is 29.6 Å². The molecule has 0 bridgehead atoms. The minimum Gasteiger partial charge on any atom is -0.390 e. The van der Waals surface area contributed by atoms with Crippen molar-refractivity contribution >= 4 is 51.0 Å². The van der Waals surface area contributed by atoms with Crippen molar-refractivity contribution in [1.82, 2.24) is 9.97 Å². The topological polar surface area (TPSA) is 98.6 Å². The number of hydrogen-bond acceptors (Lipinski definition) is 8. The van der Waals surface area contributed by atoms with Crippen LogP contribution in [0, 0.1) is 5.92 Å². The lowest BCUT2D eigenvalue weighted by atomic mass is 9.98. The molecule has 4 rings (SSSR count). The van der Waals surface area contributed by atoms with Crippen molar-refractivity contribution in [3.8, 4) is 10.6 Å². The zero-order valence-corrected chi connectivity index (χ0v) is 17.0. The largest absolute Gasteiger partial charge is 0.390 e. The van der Waals surface area contributed by atoms with E-state index in [0.717, 1.165) is 5.69 Å². The highest BCUT2D eigenvalue weighted by Gasteiger charge is 2.33.